The van der Waals surface area contributed by atoms with Crippen LogP contribution in [-0.4, -0.2) is 29.9 Å². The minimum atomic E-state index is -0.234. The highest BCUT2D eigenvalue weighted by Crippen LogP contribution is 2.11. The molecular formula is C12H15FN2O. The van der Waals surface area contributed by atoms with Gasteiger partial charge in [0.2, 0.25) is 5.91 Å². The molecule has 1 saturated heterocycles. The van der Waals surface area contributed by atoms with E-state index in [4.69, 9.17) is 5.73 Å². The molecule has 0 radical (unpaired) electrons. The first-order chi connectivity index (χ1) is 7.65. The molecule has 0 spiro atoms. The Morgan fingerprint density at radius 2 is 2.31 bits per heavy atom. The predicted molar refractivity (Wildman–Crippen MR) is 59.3 cm³/mol. The van der Waals surface area contributed by atoms with Gasteiger partial charge in [0.15, 0.2) is 0 Å². The average Bonchev–Trinajstić information content (AvgIpc) is 2.54. The molecule has 1 atom stereocenters. The van der Waals surface area contributed by atoms with Crippen molar-refractivity contribution in [1.29, 1.82) is 0 Å². The van der Waals surface area contributed by atoms with Crippen LogP contribution in [0.4, 0.5) is 4.39 Å². The number of hydrogen-bond acceptors (Lipinski definition) is 2. The third-order valence-corrected chi connectivity index (χ3v) is 2.80. The second-order valence-electron chi connectivity index (χ2n) is 4.18. The molecule has 0 aromatic heterocycles. The van der Waals surface area contributed by atoms with Gasteiger partial charge in [0.25, 0.3) is 0 Å². The molecule has 1 unspecified atom stereocenters. The summed E-state index contributed by atoms with van der Waals surface area (Å²) in [7, 11) is 0. The van der Waals surface area contributed by atoms with Gasteiger partial charge >= 0.3 is 0 Å². The normalized spacial score (nSPS) is 20.5. The molecule has 16 heavy (non-hydrogen) atoms. The maximum atomic E-state index is 12.9. The van der Waals surface area contributed by atoms with Gasteiger partial charge in [-0.25, -0.2) is 4.39 Å². The lowest BCUT2D eigenvalue weighted by Gasteiger charge is -2.15. The monoisotopic (exact) mass is 222 g/mol. The minimum Gasteiger partial charge on any atom is -0.341 e. The van der Waals surface area contributed by atoms with Gasteiger partial charge in [-0.05, 0) is 24.1 Å². The number of likely N-dealkylation sites (tertiary alicyclic amines) is 1. The second-order valence-corrected chi connectivity index (χ2v) is 4.18. The van der Waals surface area contributed by atoms with Crippen LogP contribution in [0.1, 0.15) is 12.0 Å². The van der Waals surface area contributed by atoms with E-state index in [0.717, 1.165) is 5.56 Å². The van der Waals surface area contributed by atoms with Gasteiger partial charge in [-0.2, -0.15) is 0 Å². The minimum absolute atomic E-state index is 0.0417. The van der Waals surface area contributed by atoms with Crippen molar-refractivity contribution in [3.05, 3.63) is 35.6 Å². The maximum Gasteiger partial charge on any atom is 0.224 e. The maximum absolute atomic E-state index is 12.9. The molecule has 2 N–H and O–H groups in total. The van der Waals surface area contributed by atoms with E-state index in [-0.39, 0.29) is 17.8 Å². The van der Waals surface area contributed by atoms with Gasteiger partial charge in [-0.3, -0.25) is 4.79 Å². The summed E-state index contributed by atoms with van der Waals surface area (Å²) in [5.41, 5.74) is 6.60. The molecule has 3 nitrogen and oxygen atoms in total. The van der Waals surface area contributed by atoms with E-state index < -0.39 is 0 Å². The Bertz CT molecular complexity index is 394. The first kappa shape index (κ1) is 11.1. The number of carbonyl (C=O) groups is 1. The van der Waals surface area contributed by atoms with Gasteiger partial charge in [0.1, 0.15) is 5.82 Å². The Labute approximate surface area is 94.0 Å². The van der Waals surface area contributed by atoms with Crippen molar-refractivity contribution in [3.63, 3.8) is 0 Å². The van der Waals surface area contributed by atoms with Crippen LogP contribution in [0, 0.1) is 5.82 Å². The predicted octanol–water partition coefficient (Wildman–Crippen LogP) is 0.928. The molecule has 1 aliphatic rings. The van der Waals surface area contributed by atoms with Crippen molar-refractivity contribution >= 4 is 5.91 Å². The van der Waals surface area contributed by atoms with Crippen molar-refractivity contribution in [2.45, 2.75) is 18.9 Å². The fourth-order valence-electron chi connectivity index (χ4n) is 1.98. The molecule has 86 valence electrons. The van der Waals surface area contributed by atoms with Gasteiger partial charge in [0.05, 0.1) is 0 Å². The summed E-state index contributed by atoms with van der Waals surface area (Å²) in [4.78, 5) is 13.2. The fraction of sp³-hybridized carbons (Fsp3) is 0.417. The summed E-state index contributed by atoms with van der Waals surface area (Å²) in [6.07, 6.45) is 1.11. The highest BCUT2D eigenvalue weighted by atomic mass is 19.1. The second kappa shape index (κ2) is 4.61. The number of benzene rings is 1. The summed E-state index contributed by atoms with van der Waals surface area (Å²) in [6, 6.07) is 6.42. The number of halogens is 1. The number of nitrogens with two attached hydrogens (primary N) is 1. The van der Waals surface area contributed by atoms with E-state index in [0.29, 0.717) is 25.9 Å². The summed E-state index contributed by atoms with van der Waals surface area (Å²) < 4.78 is 12.9. The molecule has 2 rings (SSSR count). The van der Waals surface area contributed by atoms with Crippen molar-refractivity contribution in [1.82, 2.24) is 4.90 Å². The molecule has 0 aliphatic carbocycles. The highest BCUT2D eigenvalue weighted by molar-refractivity contribution is 5.79. The van der Waals surface area contributed by atoms with E-state index in [9.17, 15) is 9.18 Å². The standard InChI is InChI=1S/C12H15FN2O/c13-10-3-1-2-9(6-10)4-5-15-8-11(14)7-12(15)16/h1-3,6,11H,4-5,7-8,14H2. The fourth-order valence-corrected chi connectivity index (χ4v) is 1.98. The number of rotatable bonds is 3. The SMILES string of the molecule is NC1CC(=O)N(CCc2cccc(F)c2)C1. The number of hydrogen-bond donors (Lipinski definition) is 1. The smallest absolute Gasteiger partial charge is 0.224 e. The molecule has 0 saturated carbocycles. The van der Waals surface area contributed by atoms with Crippen LogP contribution in [0.15, 0.2) is 24.3 Å². The van der Waals surface area contributed by atoms with Crippen molar-refractivity contribution < 1.29 is 9.18 Å². The lowest BCUT2D eigenvalue weighted by molar-refractivity contribution is -0.127. The van der Waals surface area contributed by atoms with Crippen LogP contribution in [0.3, 0.4) is 0 Å². The zero-order chi connectivity index (χ0) is 11.5. The molecule has 1 aliphatic heterocycles. The molecule has 4 heteroatoms. The summed E-state index contributed by atoms with van der Waals surface area (Å²) in [5, 5.41) is 0. The van der Waals surface area contributed by atoms with E-state index >= 15 is 0 Å². The van der Waals surface area contributed by atoms with Crippen LogP contribution in [0.5, 0.6) is 0 Å². The first-order valence-corrected chi connectivity index (χ1v) is 5.43. The molecule has 1 aromatic carbocycles. The van der Waals surface area contributed by atoms with Gasteiger partial charge < -0.3 is 10.6 Å². The Morgan fingerprint density at radius 3 is 2.94 bits per heavy atom. The molecular weight excluding hydrogens is 207 g/mol. The lowest BCUT2D eigenvalue weighted by Crippen LogP contribution is -2.30. The zero-order valence-corrected chi connectivity index (χ0v) is 9.03. The number of carbonyl (C=O) groups excluding carboxylic acids is 1. The average molecular weight is 222 g/mol. The summed E-state index contributed by atoms with van der Waals surface area (Å²) >= 11 is 0. The highest BCUT2D eigenvalue weighted by Gasteiger charge is 2.26. The number of nitrogens with zero attached hydrogens (tertiary/aromatic N) is 1. The molecule has 1 heterocycles. The molecule has 1 aromatic rings. The van der Waals surface area contributed by atoms with Gasteiger partial charge in [0, 0.05) is 25.6 Å². The quantitative estimate of drug-likeness (QED) is 0.827. The van der Waals surface area contributed by atoms with Crippen LogP contribution >= 0.6 is 0 Å². The van der Waals surface area contributed by atoms with Gasteiger partial charge in [-0.1, -0.05) is 12.1 Å². The summed E-state index contributed by atoms with van der Waals surface area (Å²) in [5.74, 6) is -0.133. The van der Waals surface area contributed by atoms with Crippen molar-refractivity contribution in [2.24, 2.45) is 5.73 Å². The van der Waals surface area contributed by atoms with Crippen LogP contribution in [0.2, 0.25) is 0 Å². The van der Waals surface area contributed by atoms with Crippen LogP contribution < -0.4 is 5.73 Å². The van der Waals surface area contributed by atoms with Crippen molar-refractivity contribution in [2.75, 3.05) is 13.1 Å². The van der Waals surface area contributed by atoms with E-state index in [1.165, 1.54) is 12.1 Å². The van der Waals surface area contributed by atoms with E-state index in [1.54, 1.807) is 11.0 Å². The van der Waals surface area contributed by atoms with E-state index in [2.05, 4.69) is 0 Å². The molecule has 1 amide bonds. The largest absolute Gasteiger partial charge is 0.341 e. The Kier molecular flexibility index (Phi) is 3.19. The molecule has 1 fully saturated rings. The lowest BCUT2D eigenvalue weighted by atomic mass is 10.1. The Morgan fingerprint density at radius 1 is 1.50 bits per heavy atom. The number of amides is 1. The van der Waals surface area contributed by atoms with Crippen LogP contribution in [0.25, 0.3) is 0 Å². The van der Waals surface area contributed by atoms with E-state index in [1.807, 2.05) is 6.07 Å². The summed E-state index contributed by atoms with van der Waals surface area (Å²) in [6.45, 7) is 1.24. The zero-order valence-electron chi connectivity index (χ0n) is 9.03. The first-order valence-electron chi connectivity index (χ1n) is 5.43. The topological polar surface area (TPSA) is 46.3 Å². The Hall–Kier alpha value is -1.42. The van der Waals surface area contributed by atoms with Gasteiger partial charge in [-0.15, -0.1) is 0 Å². The Balaban J connectivity index is 1.90. The third kappa shape index (κ3) is 2.58. The van der Waals surface area contributed by atoms with Crippen molar-refractivity contribution in [3.8, 4) is 0 Å². The third-order valence-electron chi connectivity index (χ3n) is 2.80. The molecule has 0 bridgehead atoms. The van der Waals surface area contributed by atoms with Crippen LogP contribution in [-0.2, 0) is 11.2 Å².